The Hall–Kier alpha value is -1.76. The normalized spacial score (nSPS) is 22.3. The van der Waals surface area contributed by atoms with Crippen molar-refractivity contribution in [2.75, 3.05) is 6.54 Å². The minimum atomic E-state index is -3.46. The maximum Gasteiger partial charge on any atom is 0.218 e. The third kappa shape index (κ3) is 3.77. The minimum absolute atomic E-state index is 0.0343. The number of sulfonamides is 1. The predicted molar refractivity (Wildman–Crippen MR) is 88.1 cm³/mol. The van der Waals surface area contributed by atoms with Crippen LogP contribution in [-0.2, 0) is 22.2 Å². The first-order chi connectivity index (χ1) is 11.1. The second-order valence-electron chi connectivity index (χ2n) is 5.84. The van der Waals surface area contributed by atoms with Gasteiger partial charge in [-0.3, -0.25) is 4.98 Å². The highest BCUT2D eigenvalue weighted by atomic mass is 32.2. The van der Waals surface area contributed by atoms with E-state index in [2.05, 4.69) is 4.98 Å². The van der Waals surface area contributed by atoms with E-state index in [9.17, 15) is 13.5 Å². The number of hydrogen-bond donors (Lipinski definition) is 1. The molecule has 0 amide bonds. The van der Waals surface area contributed by atoms with E-state index < -0.39 is 22.2 Å². The van der Waals surface area contributed by atoms with Crippen LogP contribution in [0.4, 0.5) is 0 Å². The number of pyridine rings is 1. The van der Waals surface area contributed by atoms with Crippen LogP contribution in [0.25, 0.3) is 0 Å². The molecule has 3 rings (SSSR count). The third-order valence-electron chi connectivity index (χ3n) is 4.20. The number of hydrogen-bond acceptors (Lipinski definition) is 4. The molecular formula is C17H20N2O3S. The lowest BCUT2D eigenvalue weighted by atomic mass is 10.0. The average Bonchev–Trinajstić information content (AvgIpc) is 2.91. The number of aliphatic hydroxyl groups excluding tert-OH is 1. The van der Waals surface area contributed by atoms with E-state index in [1.165, 1.54) is 4.31 Å². The van der Waals surface area contributed by atoms with Crippen LogP contribution in [0.2, 0.25) is 0 Å². The molecule has 2 heterocycles. The van der Waals surface area contributed by atoms with Gasteiger partial charge in [0.05, 0.1) is 17.9 Å². The summed E-state index contributed by atoms with van der Waals surface area (Å²) in [6, 6.07) is 12.4. The van der Waals surface area contributed by atoms with Crippen LogP contribution in [-0.4, -0.2) is 41.5 Å². The van der Waals surface area contributed by atoms with Crippen LogP contribution in [0.5, 0.6) is 0 Å². The molecule has 2 atom stereocenters. The molecule has 0 saturated carbocycles. The molecule has 0 bridgehead atoms. The first-order valence-corrected chi connectivity index (χ1v) is 9.27. The van der Waals surface area contributed by atoms with Crippen molar-refractivity contribution >= 4 is 10.0 Å². The van der Waals surface area contributed by atoms with Crippen molar-refractivity contribution < 1.29 is 13.5 Å². The van der Waals surface area contributed by atoms with Gasteiger partial charge in [0.25, 0.3) is 0 Å². The first kappa shape index (κ1) is 16.1. The van der Waals surface area contributed by atoms with Crippen LogP contribution < -0.4 is 0 Å². The maximum absolute atomic E-state index is 12.8. The van der Waals surface area contributed by atoms with Crippen molar-refractivity contribution in [2.24, 2.45) is 0 Å². The third-order valence-corrected chi connectivity index (χ3v) is 6.07. The van der Waals surface area contributed by atoms with Crippen LogP contribution in [0.1, 0.15) is 17.5 Å². The fourth-order valence-electron chi connectivity index (χ4n) is 3.02. The largest absolute Gasteiger partial charge is 0.391 e. The molecule has 0 radical (unpaired) electrons. The van der Waals surface area contributed by atoms with E-state index in [0.717, 1.165) is 11.1 Å². The van der Waals surface area contributed by atoms with E-state index in [1.807, 2.05) is 42.5 Å². The van der Waals surface area contributed by atoms with Crippen molar-refractivity contribution in [1.82, 2.24) is 9.29 Å². The maximum atomic E-state index is 12.8. The van der Waals surface area contributed by atoms with Crippen molar-refractivity contribution in [2.45, 2.75) is 30.7 Å². The van der Waals surface area contributed by atoms with E-state index in [-0.39, 0.29) is 5.75 Å². The Bertz CT molecular complexity index is 735. The quantitative estimate of drug-likeness (QED) is 0.903. The highest BCUT2D eigenvalue weighted by molar-refractivity contribution is 7.88. The van der Waals surface area contributed by atoms with Gasteiger partial charge in [-0.15, -0.1) is 0 Å². The zero-order valence-electron chi connectivity index (χ0n) is 12.7. The molecule has 1 aromatic heterocycles. The molecule has 0 spiro atoms. The molecule has 122 valence electrons. The first-order valence-electron chi connectivity index (χ1n) is 7.67. The summed E-state index contributed by atoms with van der Waals surface area (Å²) in [6.07, 6.45) is 3.70. The molecule has 1 fully saturated rings. The lowest BCUT2D eigenvalue weighted by molar-refractivity contribution is 0.142. The Morgan fingerprint density at radius 1 is 1.09 bits per heavy atom. The highest BCUT2D eigenvalue weighted by Crippen LogP contribution is 2.26. The molecule has 0 aliphatic carbocycles. The molecule has 1 aliphatic rings. The molecule has 23 heavy (non-hydrogen) atoms. The minimum Gasteiger partial charge on any atom is -0.391 e. The molecule has 1 N–H and O–H groups in total. The SMILES string of the molecule is O=S(=O)(Cc1ccccc1)N1CC[C@@H](O)[C@@H]1Cc1ccncc1. The van der Waals surface area contributed by atoms with Gasteiger partial charge in [-0.05, 0) is 36.1 Å². The number of aromatic nitrogens is 1. The summed E-state index contributed by atoms with van der Waals surface area (Å²) in [4.78, 5) is 3.97. The number of benzene rings is 1. The Labute approximate surface area is 136 Å². The van der Waals surface area contributed by atoms with Gasteiger partial charge in [-0.25, -0.2) is 8.42 Å². The van der Waals surface area contributed by atoms with E-state index in [0.29, 0.717) is 19.4 Å². The van der Waals surface area contributed by atoms with Gasteiger partial charge >= 0.3 is 0 Å². The number of nitrogens with zero attached hydrogens (tertiary/aromatic N) is 2. The van der Waals surface area contributed by atoms with Gasteiger partial charge in [-0.1, -0.05) is 30.3 Å². The molecule has 0 unspecified atom stereocenters. The summed E-state index contributed by atoms with van der Waals surface area (Å²) in [6.45, 7) is 0.367. The number of rotatable bonds is 5. The van der Waals surface area contributed by atoms with E-state index in [1.54, 1.807) is 12.4 Å². The van der Waals surface area contributed by atoms with Crippen molar-refractivity contribution in [3.05, 3.63) is 66.0 Å². The lowest BCUT2D eigenvalue weighted by Gasteiger charge is -2.26. The van der Waals surface area contributed by atoms with Crippen LogP contribution in [0, 0.1) is 0 Å². The van der Waals surface area contributed by atoms with Crippen LogP contribution >= 0.6 is 0 Å². The molecule has 6 heteroatoms. The number of aliphatic hydroxyl groups is 1. The standard InChI is InChI=1S/C17H20N2O3S/c20-17-8-11-19(16(17)12-14-6-9-18-10-7-14)23(21,22)13-15-4-2-1-3-5-15/h1-7,9-10,16-17,20H,8,11-13H2/t16-,17+/m0/s1. The van der Waals surface area contributed by atoms with Crippen molar-refractivity contribution in [1.29, 1.82) is 0 Å². The van der Waals surface area contributed by atoms with Crippen molar-refractivity contribution in [3.63, 3.8) is 0 Å². The molecule has 1 aliphatic heterocycles. The van der Waals surface area contributed by atoms with Crippen LogP contribution in [0.3, 0.4) is 0 Å². The van der Waals surface area contributed by atoms with Gasteiger partial charge in [0.2, 0.25) is 10.0 Å². The zero-order valence-corrected chi connectivity index (χ0v) is 13.6. The Balaban J connectivity index is 1.79. The molecular weight excluding hydrogens is 312 g/mol. The highest BCUT2D eigenvalue weighted by Gasteiger charge is 2.39. The smallest absolute Gasteiger partial charge is 0.218 e. The Morgan fingerprint density at radius 2 is 1.78 bits per heavy atom. The summed E-state index contributed by atoms with van der Waals surface area (Å²) in [7, 11) is -3.46. The summed E-state index contributed by atoms with van der Waals surface area (Å²) in [5.41, 5.74) is 1.74. The van der Waals surface area contributed by atoms with E-state index >= 15 is 0 Å². The summed E-state index contributed by atoms with van der Waals surface area (Å²) in [5, 5.41) is 10.2. The Kier molecular flexibility index (Phi) is 4.75. The summed E-state index contributed by atoms with van der Waals surface area (Å²) >= 11 is 0. The van der Waals surface area contributed by atoms with E-state index in [4.69, 9.17) is 0 Å². The lowest BCUT2D eigenvalue weighted by Crippen LogP contribution is -2.41. The van der Waals surface area contributed by atoms with Gasteiger partial charge in [0.15, 0.2) is 0 Å². The molecule has 2 aromatic rings. The summed E-state index contributed by atoms with van der Waals surface area (Å²) in [5.74, 6) is -0.0343. The predicted octanol–water partition coefficient (Wildman–Crippen LogP) is 1.59. The fraction of sp³-hybridized carbons (Fsp3) is 0.353. The Morgan fingerprint density at radius 3 is 2.48 bits per heavy atom. The molecule has 1 saturated heterocycles. The van der Waals surface area contributed by atoms with Gasteiger partial charge in [0.1, 0.15) is 0 Å². The fourth-order valence-corrected chi connectivity index (χ4v) is 4.81. The van der Waals surface area contributed by atoms with Crippen LogP contribution in [0.15, 0.2) is 54.9 Å². The zero-order chi connectivity index (χ0) is 16.3. The monoisotopic (exact) mass is 332 g/mol. The second-order valence-corrected chi connectivity index (χ2v) is 7.76. The van der Waals surface area contributed by atoms with Gasteiger partial charge in [-0.2, -0.15) is 4.31 Å². The van der Waals surface area contributed by atoms with Gasteiger partial charge in [0, 0.05) is 18.9 Å². The molecule has 1 aromatic carbocycles. The van der Waals surface area contributed by atoms with Crippen molar-refractivity contribution in [3.8, 4) is 0 Å². The second kappa shape index (κ2) is 6.78. The topological polar surface area (TPSA) is 70.5 Å². The molecule has 5 nitrogen and oxygen atoms in total. The van der Waals surface area contributed by atoms with Gasteiger partial charge < -0.3 is 5.11 Å². The summed E-state index contributed by atoms with van der Waals surface area (Å²) < 4.78 is 27.0. The average molecular weight is 332 g/mol.